The van der Waals surface area contributed by atoms with E-state index in [1.807, 2.05) is 0 Å². The van der Waals surface area contributed by atoms with Crippen molar-refractivity contribution in [2.45, 2.75) is 104 Å². The first kappa shape index (κ1) is 25.1. The molecule has 0 radical (unpaired) electrons. The van der Waals surface area contributed by atoms with Gasteiger partial charge in [-0.05, 0) is 56.9 Å². The molecular formula is C25H42O5. The maximum absolute atomic E-state index is 11.0. The van der Waals surface area contributed by atoms with Gasteiger partial charge in [0, 0.05) is 13.0 Å². The number of allylic oxidation sites excluding steroid dienone is 3. The average Bonchev–Trinajstić information content (AvgIpc) is 3.34. The third-order valence-electron chi connectivity index (χ3n) is 6.89. The van der Waals surface area contributed by atoms with E-state index in [-0.39, 0.29) is 36.4 Å². The monoisotopic (exact) mass is 422 g/mol. The second-order valence-corrected chi connectivity index (χ2v) is 9.70. The van der Waals surface area contributed by atoms with Crippen molar-refractivity contribution in [2.24, 2.45) is 17.8 Å². The third kappa shape index (κ3) is 6.66. The number of hydrogen-bond acceptors (Lipinski definition) is 4. The SMILES string of the molecule is CCC(OC)C(C)C1OC1(C)CC(C)/C=C/C=C(\C)C1OC(CC(=O)O)CCC1C. The predicted molar refractivity (Wildman–Crippen MR) is 120 cm³/mol. The van der Waals surface area contributed by atoms with Crippen LogP contribution in [0.3, 0.4) is 0 Å². The maximum atomic E-state index is 11.0. The van der Waals surface area contributed by atoms with Gasteiger partial charge in [-0.1, -0.05) is 45.9 Å². The second-order valence-electron chi connectivity index (χ2n) is 9.70. The van der Waals surface area contributed by atoms with E-state index < -0.39 is 5.97 Å². The summed E-state index contributed by atoms with van der Waals surface area (Å²) >= 11 is 0. The molecule has 2 saturated heterocycles. The lowest BCUT2D eigenvalue weighted by Crippen LogP contribution is -2.35. The van der Waals surface area contributed by atoms with Crippen LogP contribution in [0.1, 0.15) is 73.6 Å². The first-order valence-electron chi connectivity index (χ1n) is 11.5. The molecule has 2 rings (SSSR count). The second kappa shape index (κ2) is 10.9. The molecule has 8 atom stereocenters. The fraction of sp³-hybridized carbons (Fsp3) is 0.800. The highest BCUT2D eigenvalue weighted by molar-refractivity contribution is 5.67. The Balaban J connectivity index is 1.87. The largest absolute Gasteiger partial charge is 0.481 e. The molecule has 2 heterocycles. The van der Waals surface area contributed by atoms with Crippen LogP contribution in [0.25, 0.3) is 0 Å². The van der Waals surface area contributed by atoms with Crippen LogP contribution in [0.2, 0.25) is 0 Å². The van der Waals surface area contributed by atoms with Crippen molar-refractivity contribution < 1.29 is 24.1 Å². The summed E-state index contributed by atoms with van der Waals surface area (Å²) in [6.07, 6.45) is 10.7. The van der Waals surface area contributed by atoms with Gasteiger partial charge in [-0.15, -0.1) is 0 Å². The third-order valence-corrected chi connectivity index (χ3v) is 6.89. The van der Waals surface area contributed by atoms with Crippen LogP contribution in [-0.2, 0) is 19.0 Å². The van der Waals surface area contributed by atoms with Gasteiger partial charge in [0.05, 0.1) is 36.4 Å². The molecule has 0 aromatic heterocycles. The van der Waals surface area contributed by atoms with Gasteiger partial charge in [0.15, 0.2) is 0 Å². The van der Waals surface area contributed by atoms with Crippen molar-refractivity contribution in [1.82, 2.24) is 0 Å². The van der Waals surface area contributed by atoms with E-state index in [0.29, 0.717) is 17.8 Å². The van der Waals surface area contributed by atoms with E-state index >= 15 is 0 Å². The van der Waals surface area contributed by atoms with Crippen LogP contribution in [0.15, 0.2) is 23.8 Å². The molecule has 2 aliphatic rings. The highest BCUT2D eigenvalue weighted by atomic mass is 16.6. The lowest BCUT2D eigenvalue weighted by atomic mass is 9.86. The Morgan fingerprint density at radius 1 is 1.33 bits per heavy atom. The molecule has 0 spiro atoms. The van der Waals surface area contributed by atoms with Gasteiger partial charge >= 0.3 is 5.97 Å². The molecule has 172 valence electrons. The molecule has 0 aromatic carbocycles. The lowest BCUT2D eigenvalue weighted by Gasteiger charge is -2.35. The topological polar surface area (TPSA) is 68.3 Å². The Morgan fingerprint density at radius 2 is 2.03 bits per heavy atom. The Kier molecular flexibility index (Phi) is 9.13. The lowest BCUT2D eigenvalue weighted by molar-refractivity contribution is -0.143. The van der Waals surface area contributed by atoms with Gasteiger partial charge in [0.25, 0.3) is 0 Å². The van der Waals surface area contributed by atoms with Crippen LogP contribution in [0.4, 0.5) is 0 Å². The molecule has 30 heavy (non-hydrogen) atoms. The highest BCUT2D eigenvalue weighted by Gasteiger charge is 2.56. The van der Waals surface area contributed by atoms with E-state index in [9.17, 15) is 4.79 Å². The number of hydrogen-bond donors (Lipinski definition) is 1. The highest BCUT2D eigenvalue weighted by Crippen LogP contribution is 2.47. The molecule has 0 amide bonds. The Labute approximate surface area is 182 Å². The number of ether oxygens (including phenoxy) is 3. The van der Waals surface area contributed by atoms with Gasteiger partial charge in [-0.2, -0.15) is 0 Å². The van der Waals surface area contributed by atoms with E-state index in [2.05, 4.69) is 59.8 Å². The zero-order valence-electron chi connectivity index (χ0n) is 19.9. The summed E-state index contributed by atoms with van der Waals surface area (Å²) in [7, 11) is 1.78. The fourth-order valence-corrected chi connectivity index (χ4v) is 5.14. The Bertz CT molecular complexity index is 623. The van der Waals surface area contributed by atoms with E-state index in [4.69, 9.17) is 19.3 Å². The molecule has 2 fully saturated rings. The minimum atomic E-state index is -0.789. The van der Waals surface area contributed by atoms with E-state index in [1.54, 1.807) is 7.11 Å². The molecular weight excluding hydrogens is 380 g/mol. The fourth-order valence-electron chi connectivity index (χ4n) is 5.14. The van der Waals surface area contributed by atoms with Crippen LogP contribution >= 0.6 is 0 Å². The Hall–Kier alpha value is -1.17. The van der Waals surface area contributed by atoms with Crippen molar-refractivity contribution in [3.63, 3.8) is 0 Å². The average molecular weight is 423 g/mol. The zero-order valence-corrected chi connectivity index (χ0v) is 19.9. The molecule has 1 N–H and O–H groups in total. The molecule has 0 aliphatic carbocycles. The van der Waals surface area contributed by atoms with Gasteiger partial charge in [0.2, 0.25) is 0 Å². The first-order valence-corrected chi connectivity index (χ1v) is 11.5. The molecule has 0 saturated carbocycles. The smallest absolute Gasteiger partial charge is 0.305 e. The summed E-state index contributed by atoms with van der Waals surface area (Å²) in [5, 5.41) is 9.05. The number of epoxide rings is 1. The number of rotatable bonds is 11. The summed E-state index contributed by atoms with van der Waals surface area (Å²) in [5.74, 6) is 0.420. The summed E-state index contributed by atoms with van der Waals surface area (Å²) in [4.78, 5) is 11.0. The minimum absolute atomic E-state index is 0.00223. The quantitative estimate of drug-likeness (QED) is 0.357. The normalized spacial score (nSPS) is 35.2. The molecule has 8 unspecified atom stereocenters. The van der Waals surface area contributed by atoms with Crippen molar-refractivity contribution >= 4 is 5.97 Å². The Morgan fingerprint density at radius 3 is 2.63 bits per heavy atom. The summed E-state index contributed by atoms with van der Waals surface area (Å²) < 4.78 is 17.8. The maximum Gasteiger partial charge on any atom is 0.305 e. The number of methoxy groups -OCH3 is 1. The number of carboxylic acid groups (broad SMARTS) is 1. The van der Waals surface area contributed by atoms with Crippen molar-refractivity contribution in [3.05, 3.63) is 23.8 Å². The molecule has 5 heteroatoms. The van der Waals surface area contributed by atoms with Crippen LogP contribution in [-0.4, -0.2) is 48.2 Å². The molecule has 0 bridgehead atoms. The molecule has 0 aromatic rings. The van der Waals surface area contributed by atoms with Crippen LogP contribution in [0.5, 0.6) is 0 Å². The van der Waals surface area contributed by atoms with E-state index in [1.165, 1.54) is 0 Å². The van der Waals surface area contributed by atoms with E-state index in [0.717, 1.165) is 31.3 Å². The van der Waals surface area contributed by atoms with Gasteiger partial charge in [-0.3, -0.25) is 4.79 Å². The summed E-state index contributed by atoms with van der Waals surface area (Å²) in [5.41, 5.74) is 1.09. The standard InChI is InChI=1S/C25H42O5/c1-8-21(28-7)19(5)24-25(6,30-24)15-16(2)10-9-11-17(3)23-18(4)12-13-20(29-23)14-22(26)27/h9-11,16,18-21,23-24H,8,12-15H2,1-7H3,(H,26,27)/b10-9+,17-11+. The van der Waals surface area contributed by atoms with Gasteiger partial charge < -0.3 is 19.3 Å². The molecule has 2 aliphatic heterocycles. The summed E-state index contributed by atoms with van der Waals surface area (Å²) in [6, 6.07) is 0. The number of carbonyl (C=O) groups is 1. The predicted octanol–water partition coefficient (Wildman–Crippen LogP) is 5.39. The first-order chi connectivity index (χ1) is 14.1. The molecule has 5 nitrogen and oxygen atoms in total. The van der Waals surface area contributed by atoms with Crippen molar-refractivity contribution in [2.75, 3.05) is 7.11 Å². The van der Waals surface area contributed by atoms with Gasteiger partial charge in [-0.25, -0.2) is 0 Å². The zero-order chi connectivity index (χ0) is 22.5. The van der Waals surface area contributed by atoms with Crippen LogP contribution in [0, 0.1) is 17.8 Å². The van der Waals surface area contributed by atoms with Crippen molar-refractivity contribution in [1.29, 1.82) is 0 Å². The van der Waals surface area contributed by atoms with Gasteiger partial charge in [0.1, 0.15) is 0 Å². The minimum Gasteiger partial charge on any atom is -0.481 e. The number of aliphatic carboxylic acids is 1. The summed E-state index contributed by atoms with van der Waals surface area (Å²) in [6.45, 7) is 13.1. The van der Waals surface area contributed by atoms with Crippen molar-refractivity contribution in [3.8, 4) is 0 Å². The van der Waals surface area contributed by atoms with Crippen LogP contribution < -0.4 is 0 Å². The number of carboxylic acids is 1.